The number of hydrogen-bond donors (Lipinski definition) is 2. The smallest absolute Gasteiger partial charge is 0.257 e. The van der Waals surface area contributed by atoms with Crippen molar-refractivity contribution < 1.29 is 9.59 Å². The Morgan fingerprint density at radius 2 is 1.84 bits per heavy atom. The van der Waals surface area contributed by atoms with E-state index >= 15 is 0 Å². The summed E-state index contributed by atoms with van der Waals surface area (Å²) in [6.07, 6.45) is 1.02. The number of fused-ring (bicyclic) bond motifs is 1. The highest BCUT2D eigenvalue weighted by atomic mass is 16.2. The van der Waals surface area contributed by atoms with E-state index in [4.69, 9.17) is 5.73 Å². The first kappa shape index (κ1) is 21.8. The molecule has 1 aliphatic rings. The molecule has 0 radical (unpaired) electrons. The van der Waals surface area contributed by atoms with Gasteiger partial charge in [0.05, 0.1) is 16.8 Å². The molecular formula is C26H30N4O2. The van der Waals surface area contributed by atoms with E-state index in [1.165, 1.54) is 5.56 Å². The van der Waals surface area contributed by atoms with Crippen molar-refractivity contribution in [2.24, 2.45) is 12.8 Å². The van der Waals surface area contributed by atoms with Crippen molar-refractivity contribution in [1.82, 2.24) is 9.78 Å². The van der Waals surface area contributed by atoms with Crippen molar-refractivity contribution >= 4 is 17.5 Å². The Morgan fingerprint density at radius 1 is 1.16 bits per heavy atom. The fraction of sp³-hybridized carbons (Fsp3) is 0.346. The summed E-state index contributed by atoms with van der Waals surface area (Å²) in [5.41, 5.74) is 12.6. The molecule has 1 unspecified atom stereocenters. The number of rotatable bonds is 4. The summed E-state index contributed by atoms with van der Waals surface area (Å²) >= 11 is 0. The molecule has 2 amide bonds. The normalized spacial score (nSPS) is 16.6. The van der Waals surface area contributed by atoms with Crippen LogP contribution in [0.1, 0.15) is 76.3 Å². The summed E-state index contributed by atoms with van der Waals surface area (Å²) in [5, 5.41) is 7.59. The van der Waals surface area contributed by atoms with Crippen molar-refractivity contribution in [2.75, 3.05) is 5.32 Å². The van der Waals surface area contributed by atoms with Crippen molar-refractivity contribution in [1.29, 1.82) is 0 Å². The van der Waals surface area contributed by atoms with Gasteiger partial charge in [0.25, 0.3) is 5.91 Å². The summed E-state index contributed by atoms with van der Waals surface area (Å²) in [7, 11) is 1.86. The summed E-state index contributed by atoms with van der Waals surface area (Å²) in [5.74, 6) is -0.656. The second kappa shape index (κ2) is 7.62. The average molecular weight is 431 g/mol. The van der Waals surface area contributed by atoms with Crippen LogP contribution >= 0.6 is 0 Å². The zero-order valence-electron chi connectivity index (χ0n) is 19.5. The zero-order valence-corrected chi connectivity index (χ0v) is 19.5. The van der Waals surface area contributed by atoms with E-state index in [1.807, 2.05) is 39.1 Å². The van der Waals surface area contributed by atoms with Crippen molar-refractivity contribution in [3.05, 3.63) is 70.0 Å². The molecule has 3 aromatic rings. The van der Waals surface area contributed by atoms with Gasteiger partial charge in [0.15, 0.2) is 0 Å². The molecule has 6 heteroatoms. The number of primary amides is 1. The summed E-state index contributed by atoms with van der Waals surface area (Å²) in [4.78, 5) is 26.0. The number of nitrogens with zero attached hydrogens (tertiary/aromatic N) is 2. The maximum atomic E-state index is 13.7. The van der Waals surface area contributed by atoms with Crippen molar-refractivity contribution in [2.45, 2.75) is 52.4 Å². The molecule has 1 aliphatic carbocycles. The maximum Gasteiger partial charge on any atom is 0.257 e. The first-order valence-electron chi connectivity index (χ1n) is 10.9. The van der Waals surface area contributed by atoms with Crippen molar-refractivity contribution in [3.8, 4) is 11.1 Å². The largest absolute Gasteiger partial charge is 0.366 e. The highest BCUT2D eigenvalue weighted by molar-refractivity contribution is 6.16. The van der Waals surface area contributed by atoms with Gasteiger partial charge in [-0.05, 0) is 60.4 Å². The molecule has 0 saturated heterocycles. The van der Waals surface area contributed by atoms with Gasteiger partial charge in [0, 0.05) is 24.0 Å². The first-order valence-corrected chi connectivity index (χ1v) is 10.9. The molecule has 3 N–H and O–H groups in total. The van der Waals surface area contributed by atoms with E-state index < -0.39 is 5.91 Å². The van der Waals surface area contributed by atoms with Gasteiger partial charge in [0.2, 0.25) is 5.91 Å². The molecule has 166 valence electrons. The summed E-state index contributed by atoms with van der Waals surface area (Å²) in [6.45, 7) is 10.5. The van der Waals surface area contributed by atoms with Crippen LogP contribution in [0.15, 0.2) is 36.4 Å². The maximum absolute atomic E-state index is 13.7. The van der Waals surface area contributed by atoms with Gasteiger partial charge in [-0.1, -0.05) is 45.0 Å². The minimum absolute atomic E-state index is 0.0513. The Hall–Kier alpha value is -3.41. The number of aromatic nitrogens is 2. The number of aryl methyl sites for hydroxylation is 2. The van der Waals surface area contributed by atoms with E-state index in [0.29, 0.717) is 11.5 Å². The quantitative estimate of drug-likeness (QED) is 0.621. The Balaban J connectivity index is 1.86. The van der Waals surface area contributed by atoms with Gasteiger partial charge < -0.3 is 11.1 Å². The lowest BCUT2D eigenvalue weighted by Crippen LogP contribution is -2.22. The molecule has 1 heterocycles. The first-order chi connectivity index (χ1) is 15.0. The number of hydrogen-bond acceptors (Lipinski definition) is 3. The Labute approximate surface area is 188 Å². The standard InChI is InChI=1S/C26H30N4O2/c1-14-13-26(4,5)19-11-8-12-20(21(14)19)28-25(32)23-17(9-7-10-18(23)24(27)31)22-15(2)29-30(6)16(22)3/h7-12,14H,13H2,1-6H3,(H2,27,31)(H,28,32). The van der Waals surface area contributed by atoms with Crippen molar-refractivity contribution in [3.63, 3.8) is 0 Å². The molecule has 0 aliphatic heterocycles. The van der Waals surface area contributed by atoms with Gasteiger partial charge in [-0.25, -0.2) is 0 Å². The number of anilines is 1. The molecule has 6 nitrogen and oxygen atoms in total. The van der Waals surface area contributed by atoms with E-state index in [9.17, 15) is 9.59 Å². The molecule has 0 bridgehead atoms. The monoisotopic (exact) mass is 430 g/mol. The molecule has 32 heavy (non-hydrogen) atoms. The van der Waals surface area contributed by atoms with Crippen LogP contribution in [0.5, 0.6) is 0 Å². The molecule has 2 aromatic carbocycles. The highest BCUT2D eigenvalue weighted by Crippen LogP contribution is 2.48. The van der Waals surface area contributed by atoms with Gasteiger partial charge >= 0.3 is 0 Å². The van der Waals surface area contributed by atoms with Gasteiger partial charge in [0.1, 0.15) is 0 Å². The van der Waals surface area contributed by atoms with E-state index in [-0.39, 0.29) is 22.4 Å². The van der Waals surface area contributed by atoms with E-state index in [1.54, 1.807) is 16.8 Å². The van der Waals surface area contributed by atoms with E-state index in [0.717, 1.165) is 34.6 Å². The van der Waals surface area contributed by atoms with Crippen LogP contribution in [-0.2, 0) is 12.5 Å². The molecular weight excluding hydrogens is 400 g/mol. The molecule has 0 spiro atoms. The third-order valence-electron chi connectivity index (χ3n) is 6.73. The predicted octanol–water partition coefficient (Wildman–Crippen LogP) is 4.84. The molecule has 1 atom stereocenters. The van der Waals surface area contributed by atoms with Crippen LogP contribution < -0.4 is 11.1 Å². The van der Waals surface area contributed by atoms with Crippen LogP contribution in [0.4, 0.5) is 5.69 Å². The van der Waals surface area contributed by atoms with Crippen LogP contribution in [-0.4, -0.2) is 21.6 Å². The Bertz CT molecular complexity index is 1250. The second-order valence-electron chi connectivity index (χ2n) is 9.47. The molecule has 1 aromatic heterocycles. The topological polar surface area (TPSA) is 90.0 Å². The second-order valence-corrected chi connectivity index (χ2v) is 9.47. The number of benzene rings is 2. The van der Waals surface area contributed by atoms with Crippen LogP contribution in [0.2, 0.25) is 0 Å². The minimum Gasteiger partial charge on any atom is -0.366 e. The highest BCUT2D eigenvalue weighted by Gasteiger charge is 2.36. The molecule has 0 fully saturated rings. The van der Waals surface area contributed by atoms with Gasteiger partial charge in [-0.2, -0.15) is 5.10 Å². The molecule has 0 saturated carbocycles. The minimum atomic E-state index is -0.635. The number of amides is 2. The zero-order chi connectivity index (χ0) is 23.4. The Morgan fingerprint density at radius 3 is 2.47 bits per heavy atom. The van der Waals surface area contributed by atoms with Gasteiger partial charge in [-0.3, -0.25) is 14.3 Å². The SMILES string of the molecule is Cc1nn(C)c(C)c1-c1cccc(C(N)=O)c1C(=O)Nc1cccc2c1C(C)CC2(C)C. The van der Waals surface area contributed by atoms with E-state index in [2.05, 4.69) is 37.3 Å². The Kier molecular flexibility index (Phi) is 5.19. The fourth-order valence-corrected chi connectivity index (χ4v) is 5.33. The number of carbonyl (C=O) groups is 2. The summed E-state index contributed by atoms with van der Waals surface area (Å²) < 4.78 is 1.77. The number of nitrogens with one attached hydrogen (secondary N) is 1. The lowest BCUT2D eigenvalue weighted by Gasteiger charge is -2.20. The lowest BCUT2D eigenvalue weighted by molar-refractivity contribution is 0.0977. The van der Waals surface area contributed by atoms with Crippen LogP contribution in [0, 0.1) is 13.8 Å². The number of carbonyl (C=O) groups excluding carboxylic acids is 2. The third kappa shape index (κ3) is 3.40. The third-order valence-corrected chi connectivity index (χ3v) is 6.73. The fourth-order valence-electron chi connectivity index (χ4n) is 5.33. The van der Waals surface area contributed by atoms with Crippen LogP contribution in [0.3, 0.4) is 0 Å². The lowest BCUT2D eigenvalue weighted by atomic mass is 9.86. The molecule has 4 rings (SSSR count). The average Bonchev–Trinajstić information content (AvgIpc) is 3.11. The summed E-state index contributed by atoms with van der Waals surface area (Å²) in [6, 6.07) is 11.2. The van der Waals surface area contributed by atoms with Gasteiger partial charge in [-0.15, -0.1) is 0 Å². The predicted molar refractivity (Wildman–Crippen MR) is 127 cm³/mol. The van der Waals surface area contributed by atoms with Crippen LogP contribution in [0.25, 0.3) is 11.1 Å². The number of nitrogens with two attached hydrogens (primary N) is 1.